The number of aliphatic hydroxyl groups is 4. The summed E-state index contributed by atoms with van der Waals surface area (Å²) < 4.78 is 27.0. The zero-order chi connectivity index (χ0) is 20.1. The molecular formula is C18H36O9. The second kappa shape index (κ2) is 13.8. The van der Waals surface area contributed by atoms with Gasteiger partial charge in [0.2, 0.25) is 0 Å². The van der Waals surface area contributed by atoms with Crippen LogP contribution in [-0.4, -0.2) is 104 Å². The van der Waals surface area contributed by atoms with E-state index in [2.05, 4.69) is 0 Å². The molecule has 1 fully saturated rings. The van der Waals surface area contributed by atoms with E-state index in [1.165, 1.54) is 0 Å². The van der Waals surface area contributed by atoms with Crippen LogP contribution in [0.25, 0.3) is 0 Å². The van der Waals surface area contributed by atoms with Gasteiger partial charge < -0.3 is 44.1 Å². The third-order valence-electron chi connectivity index (χ3n) is 4.08. The summed E-state index contributed by atoms with van der Waals surface area (Å²) in [7, 11) is 0. The minimum atomic E-state index is -0.796. The molecule has 0 amide bonds. The van der Waals surface area contributed by atoms with Gasteiger partial charge in [0.05, 0.1) is 39.6 Å². The van der Waals surface area contributed by atoms with E-state index in [9.17, 15) is 10.2 Å². The average molecular weight is 396 g/mol. The third kappa shape index (κ3) is 11.9. The molecule has 1 aliphatic rings. The number of hydrogen-bond donors (Lipinski definition) is 4. The van der Waals surface area contributed by atoms with Crippen molar-refractivity contribution < 1.29 is 44.1 Å². The lowest BCUT2D eigenvalue weighted by atomic mass is 10.0. The molecule has 0 aromatic rings. The molecule has 1 saturated heterocycles. The smallest absolute Gasteiger partial charge is 0.163 e. The van der Waals surface area contributed by atoms with Gasteiger partial charge in [-0.2, -0.15) is 0 Å². The van der Waals surface area contributed by atoms with Crippen LogP contribution in [0.3, 0.4) is 0 Å². The molecule has 0 aromatic carbocycles. The summed E-state index contributed by atoms with van der Waals surface area (Å²) in [5, 5.41) is 37.5. The van der Waals surface area contributed by atoms with Gasteiger partial charge in [0.1, 0.15) is 18.3 Å². The summed E-state index contributed by atoms with van der Waals surface area (Å²) in [6.45, 7) is 5.23. The topological polar surface area (TPSA) is 127 Å². The van der Waals surface area contributed by atoms with Crippen LogP contribution in [0.2, 0.25) is 0 Å². The molecule has 27 heavy (non-hydrogen) atoms. The van der Waals surface area contributed by atoms with Crippen LogP contribution in [0.1, 0.15) is 26.7 Å². The van der Waals surface area contributed by atoms with Gasteiger partial charge >= 0.3 is 0 Å². The number of rotatable bonds is 16. The largest absolute Gasteiger partial charge is 0.396 e. The number of aliphatic hydroxyl groups excluding tert-OH is 4. The van der Waals surface area contributed by atoms with E-state index in [0.717, 1.165) is 0 Å². The highest BCUT2D eigenvalue weighted by molar-refractivity contribution is 4.70. The molecular weight excluding hydrogens is 360 g/mol. The minimum Gasteiger partial charge on any atom is -0.396 e. The van der Waals surface area contributed by atoms with Gasteiger partial charge in [0.25, 0.3) is 0 Å². The van der Waals surface area contributed by atoms with Crippen LogP contribution in [0.15, 0.2) is 0 Å². The fourth-order valence-corrected chi connectivity index (χ4v) is 2.60. The van der Waals surface area contributed by atoms with E-state index >= 15 is 0 Å². The first kappa shape index (κ1) is 24.7. The summed E-state index contributed by atoms with van der Waals surface area (Å²) in [6, 6.07) is 0. The Morgan fingerprint density at radius 2 is 1.59 bits per heavy atom. The fraction of sp³-hybridized carbons (Fsp3) is 1.00. The van der Waals surface area contributed by atoms with Gasteiger partial charge in [0.15, 0.2) is 5.79 Å². The van der Waals surface area contributed by atoms with Crippen molar-refractivity contribution in [2.24, 2.45) is 5.92 Å². The monoisotopic (exact) mass is 396 g/mol. The maximum atomic E-state index is 9.81. The predicted octanol–water partition coefficient (Wildman–Crippen LogP) is -0.709. The molecule has 1 aliphatic heterocycles. The molecule has 0 bridgehead atoms. The highest BCUT2D eigenvalue weighted by Gasteiger charge is 2.32. The molecule has 0 aromatic heterocycles. The SMILES string of the molecule is CC1(C)OCC(COCC(O)COCC(O)COCCC(CO)CCO)O1. The van der Waals surface area contributed by atoms with Crippen molar-refractivity contribution in [2.45, 2.75) is 50.8 Å². The van der Waals surface area contributed by atoms with Crippen molar-refractivity contribution in [1.29, 1.82) is 0 Å². The predicted molar refractivity (Wildman–Crippen MR) is 96.3 cm³/mol. The zero-order valence-electron chi connectivity index (χ0n) is 16.4. The van der Waals surface area contributed by atoms with Crippen molar-refractivity contribution in [3.8, 4) is 0 Å². The van der Waals surface area contributed by atoms with E-state index in [4.69, 9.17) is 33.9 Å². The Morgan fingerprint density at radius 1 is 0.963 bits per heavy atom. The Hall–Kier alpha value is -0.360. The van der Waals surface area contributed by atoms with Gasteiger partial charge in [0, 0.05) is 19.8 Å². The molecule has 4 atom stereocenters. The lowest BCUT2D eigenvalue weighted by Gasteiger charge is -2.18. The number of hydrogen-bond acceptors (Lipinski definition) is 9. The first-order valence-electron chi connectivity index (χ1n) is 9.49. The van der Waals surface area contributed by atoms with Gasteiger partial charge in [-0.05, 0) is 32.6 Å². The highest BCUT2D eigenvalue weighted by atomic mass is 16.7. The molecule has 9 nitrogen and oxygen atoms in total. The second-order valence-corrected chi connectivity index (χ2v) is 7.26. The average Bonchev–Trinajstić information content (AvgIpc) is 2.96. The van der Waals surface area contributed by atoms with Crippen molar-refractivity contribution in [3.05, 3.63) is 0 Å². The molecule has 0 aliphatic carbocycles. The van der Waals surface area contributed by atoms with Crippen molar-refractivity contribution in [2.75, 3.05) is 59.5 Å². The molecule has 9 heteroatoms. The lowest BCUT2D eigenvalue weighted by Crippen LogP contribution is -2.29. The van der Waals surface area contributed by atoms with Crippen LogP contribution >= 0.6 is 0 Å². The molecule has 4 unspecified atom stereocenters. The summed E-state index contributed by atoms with van der Waals surface area (Å²) in [5.41, 5.74) is 0. The summed E-state index contributed by atoms with van der Waals surface area (Å²) in [6.07, 6.45) is -0.585. The summed E-state index contributed by atoms with van der Waals surface area (Å²) in [4.78, 5) is 0. The van der Waals surface area contributed by atoms with Gasteiger partial charge in [-0.15, -0.1) is 0 Å². The lowest BCUT2D eigenvalue weighted by molar-refractivity contribution is -0.147. The van der Waals surface area contributed by atoms with Crippen LogP contribution < -0.4 is 0 Å². The minimum absolute atomic E-state index is 0.00538. The quantitative estimate of drug-likeness (QED) is 0.250. The van der Waals surface area contributed by atoms with Gasteiger partial charge in [-0.3, -0.25) is 0 Å². The Kier molecular flexibility index (Phi) is 12.6. The summed E-state index contributed by atoms with van der Waals surface area (Å²) >= 11 is 0. The van der Waals surface area contributed by atoms with E-state index in [1.807, 2.05) is 13.8 Å². The molecule has 162 valence electrons. The van der Waals surface area contributed by atoms with Crippen LogP contribution in [0.5, 0.6) is 0 Å². The zero-order valence-corrected chi connectivity index (χ0v) is 16.4. The molecule has 1 heterocycles. The molecule has 4 N–H and O–H groups in total. The fourth-order valence-electron chi connectivity index (χ4n) is 2.60. The molecule has 1 rings (SSSR count). The van der Waals surface area contributed by atoms with Crippen molar-refractivity contribution in [1.82, 2.24) is 0 Å². The van der Waals surface area contributed by atoms with Gasteiger partial charge in [-0.25, -0.2) is 0 Å². The first-order chi connectivity index (χ1) is 12.9. The van der Waals surface area contributed by atoms with Crippen LogP contribution in [-0.2, 0) is 23.7 Å². The Labute approximate surface area is 161 Å². The standard InChI is InChI=1S/C18H36O9/c1-18(2)26-13-17(27-18)12-25-11-16(22)10-24-9-15(21)8-23-6-4-14(7-20)3-5-19/h14-17,19-22H,3-13H2,1-2H3. The Morgan fingerprint density at radius 3 is 2.15 bits per heavy atom. The normalized spacial score (nSPS) is 22.7. The molecule has 0 spiro atoms. The maximum absolute atomic E-state index is 9.81. The van der Waals surface area contributed by atoms with Crippen LogP contribution in [0, 0.1) is 5.92 Å². The Bertz CT molecular complexity index is 367. The van der Waals surface area contributed by atoms with Crippen molar-refractivity contribution >= 4 is 0 Å². The van der Waals surface area contributed by atoms with E-state index in [0.29, 0.717) is 32.7 Å². The maximum Gasteiger partial charge on any atom is 0.163 e. The first-order valence-corrected chi connectivity index (χ1v) is 9.49. The Balaban J connectivity index is 1.96. The van der Waals surface area contributed by atoms with E-state index in [-0.39, 0.29) is 51.7 Å². The van der Waals surface area contributed by atoms with E-state index in [1.54, 1.807) is 0 Å². The molecule has 0 saturated carbocycles. The molecule has 0 radical (unpaired) electrons. The number of ether oxygens (including phenoxy) is 5. The van der Waals surface area contributed by atoms with Crippen molar-refractivity contribution in [3.63, 3.8) is 0 Å². The second-order valence-electron chi connectivity index (χ2n) is 7.26. The van der Waals surface area contributed by atoms with E-state index < -0.39 is 18.0 Å². The van der Waals surface area contributed by atoms with Crippen LogP contribution in [0.4, 0.5) is 0 Å². The highest BCUT2D eigenvalue weighted by Crippen LogP contribution is 2.22. The summed E-state index contributed by atoms with van der Waals surface area (Å²) in [5.74, 6) is -0.586. The third-order valence-corrected chi connectivity index (χ3v) is 4.08. The van der Waals surface area contributed by atoms with Gasteiger partial charge in [-0.1, -0.05) is 0 Å².